The number of rotatable bonds is 6. The normalized spacial score (nSPS) is 17.3. The minimum absolute atomic E-state index is 0.140. The SMILES string of the molecule is C=CCC(/C=C1/c2nc3cc(F)c(C)c4c3c(c2CN1C)CCC4)=C(/C=C)CCC. The van der Waals surface area contributed by atoms with Crippen molar-refractivity contribution in [1.82, 2.24) is 9.88 Å². The van der Waals surface area contributed by atoms with Crippen molar-refractivity contribution in [2.24, 2.45) is 0 Å². The molecule has 0 fully saturated rings. The van der Waals surface area contributed by atoms with E-state index in [1.54, 1.807) is 6.07 Å². The first-order valence-electron chi connectivity index (χ1n) is 11.0. The second-order valence-electron chi connectivity index (χ2n) is 8.51. The molecular weight excluding hydrogens is 371 g/mol. The summed E-state index contributed by atoms with van der Waals surface area (Å²) in [6, 6.07) is 1.63. The number of pyridine rings is 1. The van der Waals surface area contributed by atoms with Gasteiger partial charge in [0.05, 0.1) is 16.9 Å². The molecule has 2 aliphatic rings. The smallest absolute Gasteiger partial charge is 0.128 e. The summed E-state index contributed by atoms with van der Waals surface area (Å²) in [5.74, 6) is -0.140. The minimum Gasteiger partial charge on any atom is -0.368 e. The predicted molar refractivity (Wildman–Crippen MR) is 125 cm³/mol. The molecule has 1 aromatic carbocycles. The first kappa shape index (κ1) is 20.6. The zero-order valence-corrected chi connectivity index (χ0v) is 18.4. The minimum atomic E-state index is -0.140. The molecule has 0 amide bonds. The van der Waals surface area contributed by atoms with Crippen molar-refractivity contribution in [3.05, 3.63) is 82.4 Å². The lowest BCUT2D eigenvalue weighted by molar-refractivity contribution is 0.498. The van der Waals surface area contributed by atoms with Gasteiger partial charge < -0.3 is 4.90 Å². The molecule has 1 aliphatic heterocycles. The lowest BCUT2D eigenvalue weighted by Crippen LogP contribution is -2.10. The summed E-state index contributed by atoms with van der Waals surface area (Å²) in [6.45, 7) is 12.9. The first-order valence-corrected chi connectivity index (χ1v) is 11.0. The number of halogens is 1. The van der Waals surface area contributed by atoms with Gasteiger partial charge in [-0.1, -0.05) is 32.1 Å². The molecule has 0 saturated carbocycles. The van der Waals surface area contributed by atoms with E-state index in [1.165, 1.54) is 27.7 Å². The number of aromatic nitrogens is 1. The molecule has 0 unspecified atom stereocenters. The van der Waals surface area contributed by atoms with Gasteiger partial charge in [0.25, 0.3) is 0 Å². The van der Waals surface area contributed by atoms with Crippen LogP contribution in [0.1, 0.15) is 60.6 Å². The van der Waals surface area contributed by atoms with Crippen LogP contribution in [0.2, 0.25) is 0 Å². The van der Waals surface area contributed by atoms with Gasteiger partial charge in [-0.05, 0) is 72.9 Å². The summed E-state index contributed by atoms with van der Waals surface area (Å²) in [4.78, 5) is 7.29. The van der Waals surface area contributed by atoms with Gasteiger partial charge in [0.1, 0.15) is 5.82 Å². The molecule has 0 bridgehead atoms. The van der Waals surface area contributed by atoms with Crippen molar-refractivity contribution in [3.63, 3.8) is 0 Å². The van der Waals surface area contributed by atoms with Crippen LogP contribution in [0, 0.1) is 12.7 Å². The third-order valence-corrected chi connectivity index (χ3v) is 6.57. The van der Waals surface area contributed by atoms with Gasteiger partial charge in [0, 0.05) is 30.6 Å². The molecule has 1 aliphatic carbocycles. The fourth-order valence-electron chi connectivity index (χ4n) is 5.05. The number of allylic oxidation sites excluding steroid dienone is 5. The van der Waals surface area contributed by atoms with Crippen molar-refractivity contribution in [2.45, 2.75) is 58.9 Å². The Morgan fingerprint density at radius 1 is 1.20 bits per heavy atom. The van der Waals surface area contributed by atoms with Crippen LogP contribution in [-0.4, -0.2) is 16.9 Å². The van der Waals surface area contributed by atoms with Gasteiger partial charge in [-0.25, -0.2) is 9.37 Å². The van der Waals surface area contributed by atoms with Crippen molar-refractivity contribution < 1.29 is 4.39 Å². The van der Waals surface area contributed by atoms with Gasteiger partial charge in [-0.15, -0.1) is 6.58 Å². The van der Waals surface area contributed by atoms with Crippen molar-refractivity contribution in [2.75, 3.05) is 7.05 Å². The lowest BCUT2D eigenvalue weighted by atomic mass is 9.85. The summed E-state index contributed by atoms with van der Waals surface area (Å²) >= 11 is 0. The second-order valence-corrected chi connectivity index (χ2v) is 8.51. The number of benzene rings is 1. The van der Waals surface area contributed by atoms with Crippen LogP contribution in [0.3, 0.4) is 0 Å². The monoisotopic (exact) mass is 402 g/mol. The van der Waals surface area contributed by atoms with Crippen LogP contribution in [0.5, 0.6) is 0 Å². The average molecular weight is 403 g/mol. The standard InChI is InChI=1S/C27H31FN2/c1-6-10-18(8-3)19(11-7-2)14-25-27-22(16-30(25)5)21-13-9-12-20-17(4)23(28)15-24(29-27)26(20)21/h7-8,14-15H,2-3,6,9-13,16H2,1,4-5H3/b19-18+,25-14-. The quantitative estimate of drug-likeness (QED) is 0.389. The van der Waals surface area contributed by atoms with E-state index in [2.05, 4.69) is 38.1 Å². The van der Waals surface area contributed by atoms with E-state index in [9.17, 15) is 4.39 Å². The molecular formula is C27H31FN2. The number of fused-ring (bicyclic) bond motifs is 2. The Hall–Kier alpha value is -2.68. The fourth-order valence-corrected chi connectivity index (χ4v) is 5.05. The molecule has 0 saturated heterocycles. The lowest BCUT2D eigenvalue weighted by Gasteiger charge is -2.21. The summed E-state index contributed by atoms with van der Waals surface area (Å²) in [5.41, 5.74) is 10.1. The molecule has 1 aromatic heterocycles. The number of hydrogen-bond acceptors (Lipinski definition) is 2. The third-order valence-electron chi connectivity index (χ3n) is 6.57. The van der Waals surface area contributed by atoms with E-state index < -0.39 is 0 Å². The number of hydrogen-bond donors (Lipinski definition) is 0. The fraction of sp³-hybridized carbons (Fsp3) is 0.370. The Morgan fingerprint density at radius 2 is 1.97 bits per heavy atom. The summed E-state index contributed by atoms with van der Waals surface area (Å²) in [5, 5.41) is 1.20. The molecule has 2 aromatic rings. The molecule has 30 heavy (non-hydrogen) atoms. The van der Waals surface area contributed by atoms with Gasteiger partial charge in [0.15, 0.2) is 0 Å². The Balaban J connectivity index is 1.96. The third kappa shape index (κ3) is 3.30. The summed E-state index contributed by atoms with van der Waals surface area (Å²) < 4.78 is 14.6. The highest BCUT2D eigenvalue weighted by Gasteiger charge is 2.30. The maximum atomic E-state index is 14.6. The van der Waals surface area contributed by atoms with Crippen molar-refractivity contribution in [1.29, 1.82) is 0 Å². The van der Waals surface area contributed by atoms with Crippen molar-refractivity contribution >= 4 is 16.6 Å². The molecule has 2 nitrogen and oxygen atoms in total. The Kier molecular flexibility index (Phi) is 5.64. The highest BCUT2D eigenvalue weighted by Crippen LogP contribution is 2.41. The van der Waals surface area contributed by atoms with E-state index in [0.29, 0.717) is 0 Å². The molecule has 4 rings (SSSR count). The van der Waals surface area contributed by atoms with Crippen LogP contribution in [-0.2, 0) is 19.4 Å². The van der Waals surface area contributed by atoms with E-state index in [4.69, 9.17) is 4.98 Å². The molecule has 156 valence electrons. The largest absolute Gasteiger partial charge is 0.368 e. The van der Waals surface area contributed by atoms with Crippen LogP contribution in [0.25, 0.3) is 16.6 Å². The summed E-state index contributed by atoms with van der Waals surface area (Å²) in [6.07, 6.45) is 12.1. The maximum absolute atomic E-state index is 14.6. The van der Waals surface area contributed by atoms with E-state index >= 15 is 0 Å². The summed E-state index contributed by atoms with van der Waals surface area (Å²) in [7, 11) is 2.12. The molecule has 3 heteroatoms. The Bertz CT molecular complexity index is 1100. The number of aryl methyl sites for hydroxylation is 2. The molecule has 2 heterocycles. The van der Waals surface area contributed by atoms with E-state index in [0.717, 1.165) is 73.1 Å². The van der Waals surface area contributed by atoms with E-state index in [1.807, 2.05) is 19.1 Å². The highest BCUT2D eigenvalue weighted by atomic mass is 19.1. The topological polar surface area (TPSA) is 16.1 Å². The number of nitrogens with zero attached hydrogens (tertiary/aromatic N) is 2. The van der Waals surface area contributed by atoms with Crippen LogP contribution < -0.4 is 0 Å². The zero-order valence-electron chi connectivity index (χ0n) is 18.4. The average Bonchev–Trinajstić information content (AvgIpc) is 3.05. The van der Waals surface area contributed by atoms with Gasteiger partial charge in [-0.2, -0.15) is 0 Å². The predicted octanol–water partition coefficient (Wildman–Crippen LogP) is 6.82. The molecule has 0 spiro atoms. The maximum Gasteiger partial charge on any atom is 0.128 e. The Morgan fingerprint density at radius 3 is 2.67 bits per heavy atom. The van der Waals surface area contributed by atoms with E-state index in [-0.39, 0.29) is 5.82 Å². The molecule has 0 N–H and O–H groups in total. The van der Waals surface area contributed by atoms with Gasteiger partial charge in [-0.3, -0.25) is 0 Å². The highest BCUT2D eigenvalue weighted by molar-refractivity contribution is 5.92. The van der Waals surface area contributed by atoms with Crippen LogP contribution >= 0.6 is 0 Å². The van der Waals surface area contributed by atoms with Crippen LogP contribution in [0.15, 0.2) is 48.6 Å². The zero-order chi connectivity index (χ0) is 21.4. The molecule has 0 atom stereocenters. The van der Waals surface area contributed by atoms with Crippen molar-refractivity contribution in [3.8, 4) is 0 Å². The van der Waals surface area contributed by atoms with Crippen LogP contribution in [0.4, 0.5) is 4.39 Å². The van der Waals surface area contributed by atoms with Gasteiger partial charge in [0.2, 0.25) is 0 Å². The second kappa shape index (κ2) is 8.22. The molecule has 0 radical (unpaired) electrons. The Labute approximate surface area is 179 Å². The van der Waals surface area contributed by atoms with Gasteiger partial charge >= 0.3 is 0 Å². The first-order chi connectivity index (χ1) is 14.5.